The predicted octanol–water partition coefficient (Wildman–Crippen LogP) is 2.86. The minimum atomic E-state index is 0.189. The van der Waals surface area contributed by atoms with Gasteiger partial charge in [0.15, 0.2) is 5.82 Å². The van der Waals surface area contributed by atoms with Crippen molar-refractivity contribution in [3.8, 4) is 17.3 Å². The topological polar surface area (TPSA) is 50.4 Å². The molecule has 0 atom stereocenters. The van der Waals surface area contributed by atoms with Gasteiger partial charge in [-0.2, -0.15) is 0 Å². The molecule has 84 valence electrons. The van der Waals surface area contributed by atoms with Crippen LogP contribution < -0.4 is 0 Å². The molecule has 0 aromatic carbocycles. The van der Waals surface area contributed by atoms with E-state index >= 15 is 0 Å². The summed E-state index contributed by atoms with van der Waals surface area (Å²) in [6.45, 7) is 0. The van der Waals surface area contributed by atoms with Crippen LogP contribution in [0.5, 0.6) is 5.75 Å². The molecule has 0 saturated heterocycles. The summed E-state index contributed by atoms with van der Waals surface area (Å²) >= 11 is 3.35. The molecule has 0 spiro atoms. The number of aromatic nitrogens is 3. The van der Waals surface area contributed by atoms with E-state index in [9.17, 15) is 5.11 Å². The Morgan fingerprint density at radius 2 is 2.06 bits per heavy atom. The molecule has 0 amide bonds. The van der Waals surface area contributed by atoms with E-state index in [0.717, 1.165) is 5.69 Å². The largest absolute Gasteiger partial charge is 0.506 e. The normalized spacial score (nSPS) is 10.9. The summed E-state index contributed by atoms with van der Waals surface area (Å²) in [6, 6.07) is 9.03. The van der Waals surface area contributed by atoms with Crippen LogP contribution in [0, 0.1) is 0 Å². The number of halogens is 1. The summed E-state index contributed by atoms with van der Waals surface area (Å²) < 4.78 is 2.41. The van der Waals surface area contributed by atoms with E-state index < -0.39 is 0 Å². The van der Waals surface area contributed by atoms with Crippen molar-refractivity contribution >= 4 is 21.4 Å². The predicted molar refractivity (Wildman–Crippen MR) is 67.8 cm³/mol. The first kappa shape index (κ1) is 10.3. The smallest absolute Gasteiger partial charge is 0.164 e. The van der Waals surface area contributed by atoms with Crippen LogP contribution in [0.3, 0.4) is 0 Å². The number of nitrogens with zero attached hydrogens (tertiary/aromatic N) is 3. The molecule has 0 aliphatic heterocycles. The first-order valence-corrected chi connectivity index (χ1v) is 5.83. The van der Waals surface area contributed by atoms with Gasteiger partial charge in [-0.25, -0.2) is 4.98 Å². The second kappa shape index (κ2) is 3.85. The second-order valence-electron chi connectivity index (χ2n) is 3.55. The fourth-order valence-corrected chi connectivity index (χ4v) is 2.32. The van der Waals surface area contributed by atoms with Gasteiger partial charge in [-0.1, -0.05) is 6.07 Å². The zero-order chi connectivity index (χ0) is 11.8. The SMILES string of the molecule is Oc1cccn2c(-c3ccccn3)nc(Br)c12. The maximum atomic E-state index is 9.80. The summed E-state index contributed by atoms with van der Waals surface area (Å²) in [5.41, 5.74) is 1.41. The zero-order valence-corrected chi connectivity index (χ0v) is 10.3. The number of pyridine rings is 2. The maximum absolute atomic E-state index is 9.80. The Hall–Kier alpha value is -1.88. The molecular formula is C12H8BrN3O. The number of hydrogen-bond acceptors (Lipinski definition) is 3. The van der Waals surface area contributed by atoms with E-state index in [4.69, 9.17) is 0 Å². The molecule has 0 radical (unpaired) electrons. The summed E-state index contributed by atoms with van der Waals surface area (Å²) in [4.78, 5) is 8.63. The highest BCUT2D eigenvalue weighted by Gasteiger charge is 2.13. The van der Waals surface area contributed by atoms with Gasteiger partial charge in [0.05, 0.1) is 0 Å². The van der Waals surface area contributed by atoms with Crippen LogP contribution in [0.2, 0.25) is 0 Å². The molecule has 0 aliphatic carbocycles. The van der Waals surface area contributed by atoms with Crippen molar-refractivity contribution in [2.24, 2.45) is 0 Å². The van der Waals surface area contributed by atoms with Crippen molar-refractivity contribution in [2.75, 3.05) is 0 Å². The lowest BCUT2D eigenvalue weighted by atomic mass is 10.3. The average Bonchev–Trinajstić information content (AvgIpc) is 2.69. The van der Waals surface area contributed by atoms with Crippen LogP contribution in [0.4, 0.5) is 0 Å². The highest BCUT2D eigenvalue weighted by atomic mass is 79.9. The molecule has 0 aliphatic rings. The third-order valence-electron chi connectivity index (χ3n) is 2.49. The molecular weight excluding hydrogens is 282 g/mol. The third-order valence-corrected chi connectivity index (χ3v) is 3.05. The molecule has 3 rings (SSSR count). The monoisotopic (exact) mass is 289 g/mol. The summed E-state index contributed by atoms with van der Waals surface area (Å²) in [6.07, 6.45) is 3.56. The van der Waals surface area contributed by atoms with Crippen LogP contribution in [-0.2, 0) is 0 Å². The minimum absolute atomic E-state index is 0.189. The fourth-order valence-electron chi connectivity index (χ4n) is 1.75. The average molecular weight is 290 g/mol. The number of imidazole rings is 1. The Morgan fingerprint density at radius 3 is 2.82 bits per heavy atom. The van der Waals surface area contributed by atoms with Crippen molar-refractivity contribution in [1.82, 2.24) is 14.4 Å². The summed E-state index contributed by atoms with van der Waals surface area (Å²) in [5.74, 6) is 0.887. The zero-order valence-electron chi connectivity index (χ0n) is 8.71. The van der Waals surface area contributed by atoms with E-state index in [-0.39, 0.29) is 5.75 Å². The lowest BCUT2D eigenvalue weighted by molar-refractivity contribution is 0.479. The Balaban J connectivity index is 2.36. The van der Waals surface area contributed by atoms with Crippen molar-refractivity contribution in [2.45, 2.75) is 0 Å². The van der Waals surface area contributed by atoms with E-state index in [1.165, 1.54) is 0 Å². The summed E-state index contributed by atoms with van der Waals surface area (Å²) in [5, 5.41) is 9.80. The number of aromatic hydroxyl groups is 1. The van der Waals surface area contributed by atoms with Crippen LogP contribution in [-0.4, -0.2) is 19.5 Å². The van der Waals surface area contributed by atoms with Crippen molar-refractivity contribution in [3.63, 3.8) is 0 Å². The van der Waals surface area contributed by atoms with E-state index in [0.29, 0.717) is 15.9 Å². The molecule has 0 fully saturated rings. The maximum Gasteiger partial charge on any atom is 0.164 e. The van der Waals surface area contributed by atoms with Gasteiger partial charge in [-0.05, 0) is 40.2 Å². The van der Waals surface area contributed by atoms with Gasteiger partial charge in [0.25, 0.3) is 0 Å². The lowest BCUT2D eigenvalue weighted by Crippen LogP contribution is -1.90. The van der Waals surface area contributed by atoms with Crippen LogP contribution >= 0.6 is 15.9 Å². The Morgan fingerprint density at radius 1 is 1.18 bits per heavy atom. The molecule has 1 N–H and O–H groups in total. The molecule has 5 heteroatoms. The first-order valence-electron chi connectivity index (χ1n) is 5.04. The molecule has 0 bridgehead atoms. The number of hydrogen-bond donors (Lipinski definition) is 1. The van der Waals surface area contributed by atoms with Crippen molar-refractivity contribution in [1.29, 1.82) is 0 Å². The first-order chi connectivity index (χ1) is 8.27. The van der Waals surface area contributed by atoms with Crippen molar-refractivity contribution < 1.29 is 5.11 Å². The van der Waals surface area contributed by atoms with Gasteiger partial charge in [-0.15, -0.1) is 0 Å². The lowest BCUT2D eigenvalue weighted by Gasteiger charge is -2.00. The fraction of sp³-hybridized carbons (Fsp3) is 0. The van der Waals surface area contributed by atoms with Gasteiger partial charge in [-0.3, -0.25) is 9.38 Å². The summed E-state index contributed by atoms with van der Waals surface area (Å²) in [7, 11) is 0. The van der Waals surface area contributed by atoms with E-state index in [1.54, 1.807) is 18.3 Å². The van der Waals surface area contributed by atoms with Crippen LogP contribution in [0.15, 0.2) is 47.3 Å². The number of rotatable bonds is 1. The van der Waals surface area contributed by atoms with E-state index in [2.05, 4.69) is 25.9 Å². The van der Waals surface area contributed by atoms with Gasteiger partial charge < -0.3 is 5.11 Å². The van der Waals surface area contributed by atoms with Gasteiger partial charge in [0.2, 0.25) is 0 Å². The highest BCUT2D eigenvalue weighted by Crippen LogP contribution is 2.30. The number of fused-ring (bicyclic) bond motifs is 1. The van der Waals surface area contributed by atoms with E-state index in [1.807, 2.05) is 28.8 Å². The van der Waals surface area contributed by atoms with Crippen LogP contribution in [0.25, 0.3) is 17.0 Å². The standard InChI is InChI=1S/C12H8BrN3O/c13-11-10-9(17)5-3-7-16(10)12(15-11)8-4-1-2-6-14-8/h1-7,17H. The molecule has 3 heterocycles. The molecule has 3 aromatic heterocycles. The van der Waals surface area contributed by atoms with Gasteiger partial charge >= 0.3 is 0 Å². The molecule has 4 nitrogen and oxygen atoms in total. The van der Waals surface area contributed by atoms with Crippen molar-refractivity contribution in [3.05, 3.63) is 47.3 Å². The molecule has 0 saturated carbocycles. The quantitative estimate of drug-likeness (QED) is 0.749. The van der Waals surface area contributed by atoms with Gasteiger partial charge in [0.1, 0.15) is 21.6 Å². The van der Waals surface area contributed by atoms with Gasteiger partial charge in [0, 0.05) is 12.4 Å². The Bertz CT molecular complexity index is 679. The minimum Gasteiger partial charge on any atom is -0.506 e. The third kappa shape index (κ3) is 1.59. The Labute approximate surface area is 106 Å². The Kier molecular flexibility index (Phi) is 2.33. The molecule has 17 heavy (non-hydrogen) atoms. The second-order valence-corrected chi connectivity index (χ2v) is 4.30. The highest BCUT2D eigenvalue weighted by molar-refractivity contribution is 9.10. The van der Waals surface area contributed by atoms with Crippen LogP contribution in [0.1, 0.15) is 0 Å². The molecule has 3 aromatic rings. The molecule has 0 unspecified atom stereocenters.